The number of pyridine rings is 1. The lowest BCUT2D eigenvalue weighted by Gasteiger charge is -2.31. The zero-order valence-electron chi connectivity index (χ0n) is 16.7. The fraction of sp³-hybridized carbons (Fsp3) is 0.409. The lowest BCUT2D eigenvalue weighted by atomic mass is 9.95. The maximum absolute atomic E-state index is 12.7. The molecule has 0 spiro atoms. The van der Waals surface area contributed by atoms with E-state index in [-0.39, 0.29) is 17.7 Å². The van der Waals surface area contributed by atoms with E-state index in [0.717, 1.165) is 22.6 Å². The SMILES string of the molecule is COc1ccc(CNC(=O)C2CCN(C(=O)c3cnc(C)c(C)c3)CC2)cc1. The summed E-state index contributed by atoms with van der Waals surface area (Å²) in [5.41, 5.74) is 3.59. The molecule has 1 N–H and O–H groups in total. The van der Waals surface area contributed by atoms with Crippen LogP contribution in [0.15, 0.2) is 36.5 Å². The highest BCUT2D eigenvalue weighted by molar-refractivity contribution is 5.94. The maximum atomic E-state index is 12.7. The molecule has 148 valence electrons. The quantitative estimate of drug-likeness (QED) is 0.864. The molecule has 0 atom stereocenters. The number of rotatable bonds is 5. The summed E-state index contributed by atoms with van der Waals surface area (Å²) >= 11 is 0. The van der Waals surface area contributed by atoms with E-state index in [0.29, 0.717) is 38.0 Å². The Labute approximate surface area is 165 Å². The van der Waals surface area contributed by atoms with Gasteiger partial charge in [-0.25, -0.2) is 0 Å². The van der Waals surface area contributed by atoms with Crippen molar-refractivity contribution in [2.45, 2.75) is 33.2 Å². The number of carbonyl (C=O) groups is 2. The van der Waals surface area contributed by atoms with Crippen molar-refractivity contribution >= 4 is 11.8 Å². The number of nitrogens with one attached hydrogen (secondary N) is 1. The van der Waals surface area contributed by atoms with Gasteiger partial charge in [-0.2, -0.15) is 0 Å². The second-order valence-corrected chi connectivity index (χ2v) is 7.26. The van der Waals surface area contributed by atoms with Gasteiger partial charge in [0, 0.05) is 37.4 Å². The molecule has 2 amide bonds. The first kappa shape index (κ1) is 19.9. The second-order valence-electron chi connectivity index (χ2n) is 7.26. The van der Waals surface area contributed by atoms with E-state index in [1.807, 2.05) is 49.1 Å². The summed E-state index contributed by atoms with van der Waals surface area (Å²) in [6, 6.07) is 9.54. The number of likely N-dealkylation sites (tertiary alicyclic amines) is 1. The summed E-state index contributed by atoms with van der Waals surface area (Å²) < 4.78 is 5.14. The second kappa shape index (κ2) is 8.87. The standard InChI is InChI=1S/C22H27N3O3/c1-15-12-19(14-23-16(15)2)22(27)25-10-8-18(9-11-25)21(26)24-13-17-4-6-20(28-3)7-5-17/h4-7,12,14,18H,8-11,13H2,1-3H3,(H,24,26). The van der Waals surface area contributed by atoms with Crippen LogP contribution in [-0.4, -0.2) is 41.9 Å². The summed E-state index contributed by atoms with van der Waals surface area (Å²) in [5.74, 6) is 0.787. The Hall–Kier alpha value is -2.89. The third-order valence-electron chi connectivity index (χ3n) is 5.37. The van der Waals surface area contributed by atoms with Gasteiger partial charge in [0.15, 0.2) is 0 Å². The van der Waals surface area contributed by atoms with Gasteiger partial charge in [-0.05, 0) is 56.0 Å². The van der Waals surface area contributed by atoms with Crippen LogP contribution in [0.3, 0.4) is 0 Å². The van der Waals surface area contributed by atoms with E-state index in [1.54, 1.807) is 13.3 Å². The van der Waals surface area contributed by atoms with Crippen LogP contribution in [0.2, 0.25) is 0 Å². The third-order valence-corrected chi connectivity index (χ3v) is 5.37. The Morgan fingerprint density at radius 2 is 1.86 bits per heavy atom. The number of methoxy groups -OCH3 is 1. The van der Waals surface area contributed by atoms with Crippen molar-refractivity contribution in [3.63, 3.8) is 0 Å². The zero-order valence-corrected chi connectivity index (χ0v) is 16.7. The van der Waals surface area contributed by atoms with Crippen molar-refractivity contribution in [3.05, 3.63) is 58.9 Å². The van der Waals surface area contributed by atoms with Crippen molar-refractivity contribution in [2.24, 2.45) is 5.92 Å². The van der Waals surface area contributed by atoms with E-state index in [2.05, 4.69) is 10.3 Å². The molecule has 6 nitrogen and oxygen atoms in total. The monoisotopic (exact) mass is 381 g/mol. The Morgan fingerprint density at radius 1 is 1.18 bits per heavy atom. The van der Waals surface area contributed by atoms with Crippen LogP contribution in [0.4, 0.5) is 0 Å². The molecule has 3 rings (SSSR count). The minimum atomic E-state index is -0.0554. The highest BCUT2D eigenvalue weighted by atomic mass is 16.5. The molecule has 1 fully saturated rings. The number of hydrogen-bond acceptors (Lipinski definition) is 4. The molecule has 2 aromatic rings. The van der Waals surface area contributed by atoms with Crippen LogP contribution in [0.1, 0.15) is 40.0 Å². The number of carbonyl (C=O) groups excluding carboxylic acids is 2. The van der Waals surface area contributed by atoms with Crippen molar-refractivity contribution in [1.29, 1.82) is 0 Å². The fourth-order valence-corrected chi connectivity index (χ4v) is 3.36. The van der Waals surface area contributed by atoms with Crippen LogP contribution in [0, 0.1) is 19.8 Å². The number of ether oxygens (including phenoxy) is 1. The predicted octanol–water partition coefficient (Wildman–Crippen LogP) is 2.88. The first-order valence-electron chi connectivity index (χ1n) is 9.61. The number of amides is 2. The minimum absolute atomic E-state index is 0.00677. The van der Waals surface area contributed by atoms with Gasteiger partial charge in [0.05, 0.1) is 12.7 Å². The molecule has 1 aromatic heterocycles. The van der Waals surface area contributed by atoms with Gasteiger partial charge in [0.2, 0.25) is 5.91 Å². The molecular formula is C22H27N3O3. The number of benzene rings is 1. The zero-order chi connectivity index (χ0) is 20.1. The molecule has 1 aliphatic heterocycles. The van der Waals surface area contributed by atoms with Crippen LogP contribution < -0.4 is 10.1 Å². The number of piperidine rings is 1. The van der Waals surface area contributed by atoms with Gasteiger partial charge in [0.1, 0.15) is 5.75 Å². The van der Waals surface area contributed by atoms with E-state index in [4.69, 9.17) is 4.74 Å². The molecule has 0 unspecified atom stereocenters. The van der Waals surface area contributed by atoms with Crippen molar-refractivity contribution in [2.75, 3.05) is 20.2 Å². The lowest BCUT2D eigenvalue weighted by Crippen LogP contribution is -2.43. The van der Waals surface area contributed by atoms with Gasteiger partial charge in [0.25, 0.3) is 5.91 Å². The van der Waals surface area contributed by atoms with E-state index in [9.17, 15) is 9.59 Å². The lowest BCUT2D eigenvalue weighted by molar-refractivity contribution is -0.126. The number of aromatic nitrogens is 1. The fourth-order valence-electron chi connectivity index (χ4n) is 3.36. The van der Waals surface area contributed by atoms with Crippen LogP contribution in [-0.2, 0) is 11.3 Å². The average Bonchev–Trinajstić information content (AvgIpc) is 2.74. The van der Waals surface area contributed by atoms with Crippen molar-refractivity contribution in [1.82, 2.24) is 15.2 Å². The third kappa shape index (κ3) is 4.68. The predicted molar refractivity (Wildman–Crippen MR) is 107 cm³/mol. The van der Waals surface area contributed by atoms with Gasteiger partial charge >= 0.3 is 0 Å². The molecule has 1 saturated heterocycles. The van der Waals surface area contributed by atoms with Gasteiger partial charge in [-0.3, -0.25) is 14.6 Å². The van der Waals surface area contributed by atoms with Crippen LogP contribution >= 0.6 is 0 Å². The Morgan fingerprint density at radius 3 is 2.46 bits per heavy atom. The molecule has 0 bridgehead atoms. The highest BCUT2D eigenvalue weighted by Gasteiger charge is 2.28. The Balaban J connectivity index is 1.49. The van der Waals surface area contributed by atoms with Gasteiger partial charge < -0.3 is 15.0 Å². The largest absolute Gasteiger partial charge is 0.497 e. The summed E-state index contributed by atoms with van der Waals surface area (Å²) in [4.78, 5) is 31.3. The number of hydrogen-bond donors (Lipinski definition) is 1. The van der Waals surface area contributed by atoms with Gasteiger partial charge in [-0.15, -0.1) is 0 Å². The normalized spacial score (nSPS) is 14.6. The minimum Gasteiger partial charge on any atom is -0.497 e. The van der Waals surface area contributed by atoms with Crippen LogP contribution in [0.5, 0.6) is 5.75 Å². The average molecular weight is 381 g/mol. The Kier molecular flexibility index (Phi) is 6.29. The van der Waals surface area contributed by atoms with Crippen molar-refractivity contribution in [3.8, 4) is 5.75 Å². The summed E-state index contributed by atoms with van der Waals surface area (Å²) in [6.07, 6.45) is 3.00. The number of nitrogens with zero attached hydrogens (tertiary/aromatic N) is 2. The first-order valence-corrected chi connectivity index (χ1v) is 9.61. The highest BCUT2D eigenvalue weighted by Crippen LogP contribution is 2.20. The topological polar surface area (TPSA) is 71.5 Å². The molecule has 2 heterocycles. The molecule has 0 saturated carbocycles. The van der Waals surface area contributed by atoms with E-state index in [1.165, 1.54) is 0 Å². The Bertz CT molecular complexity index is 841. The molecule has 6 heteroatoms. The summed E-state index contributed by atoms with van der Waals surface area (Å²) in [7, 11) is 1.63. The molecule has 0 radical (unpaired) electrons. The molecule has 28 heavy (non-hydrogen) atoms. The van der Waals surface area contributed by atoms with Gasteiger partial charge in [-0.1, -0.05) is 12.1 Å². The summed E-state index contributed by atoms with van der Waals surface area (Å²) in [6.45, 7) is 5.56. The van der Waals surface area contributed by atoms with E-state index >= 15 is 0 Å². The molecule has 1 aliphatic rings. The first-order chi connectivity index (χ1) is 13.5. The maximum Gasteiger partial charge on any atom is 0.255 e. The smallest absolute Gasteiger partial charge is 0.255 e. The number of aryl methyl sites for hydroxylation is 2. The van der Waals surface area contributed by atoms with Crippen LogP contribution in [0.25, 0.3) is 0 Å². The van der Waals surface area contributed by atoms with E-state index < -0.39 is 0 Å². The summed E-state index contributed by atoms with van der Waals surface area (Å²) in [5, 5.41) is 3.00. The molecular weight excluding hydrogens is 354 g/mol. The van der Waals surface area contributed by atoms with Crippen molar-refractivity contribution < 1.29 is 14.3 Å². The molecule has 0 aliphatic carbocycles. The molecule has 1 aromatic carbocycles.